The van der Waals surface area contributed by atoms with E-state index in [0.29, 0.717) is 12.3 Å². The fourth-order valence-electron chi connectivity index (χ4n) is 4.90. The largest absolute Gasteiger partial charge is 0.348 e. The van der Waals surface area contributed by atoms with Crippen molar-refractivity contribution in [1.29, 1.82) is 0 Å². The van der Waals surface area contributed by atoms with E-state index in [4.69, 9.17) is 0 Å². The molecule has 0 bridgehead atoms. The van der Waals surface area contributed by atoms with Crippen molar-refractivity contribution < 1.29 is 4.79 Å². The average Bonchev–Trinajstić information content (AvgIpc) is 3.23. The number of aromatic nitrogens is 2. The highest BCUT2D eigenvalue weighted by molar-refractivity contribution is 5.77. The Hall–Kier alpha value is -2.14. The second-order valence-electron chi connectivity index (χ2n) is 8.63. The Kier molecular flexibility index (Phi) is 5.81. The minimum atomic E-state index is 0.267. The topological polar surface area (TPSA) is 52.2 Å². The number of H-pyrrole nitrogens is 1. The summed E-state index contributed by atoms with van der Waals surface area (Å²) in [5.41, 5.74) is 4.17. The van der Waals surface area contributed by atoms with Crippen molar-refractivity contribution in [2.24, 2.45) is 5.41 Å². The van der Waals surface area contributed by atoms with E-state index >= 15 is 0 Å². The Morgan fingerprint density at radius 3 is 2.71 bits per heavy atom. The monoisotopic (exact) mass is 380 g/mol. The zero-order valence-corrected chi connectivity index (χ0v) is 17.0. The van der Waals surface area contributed by atoms with Crippen LogP contribution in [-0.2, 0) is 24.2 Å². The Balaban J connectivity index is 1.37. The Morgan fingerprint density at radius 2 is 1.96 bits per heavy atom. The lowest BCUT2D eigenvalue weighted by molar-refractivity contribution is -0.139. The summed E-state index contributed by atoms with van der Waals surface area (Å²) < 4.78 is 0. The number of rotatable bonds is 6. The number of carbonyl (C=O) groups excluding carboxylic acids is 1. The molecule has 1 aromatic carbocycles. The minimum Gasteiger partial charge on any atom is -0.348 e. The highest BCUT2D eigenvalue weighted by atomic mass is 16.2. The Morgan fingerprint density at radius 1 is 1.14 bits per heavy atom. The summed E-state index contributed by atoms with van der Waals surface area (Å²) in [4.78, 5) is 24.4. The number of amides is 1. The molecular weight excluding hydrogens is 348 g/mol. The molecule has 2 aliphatic rings. The quantitative estimate of drug-likeness (QED) is 0.835. The third-order valence-corrected chi connectivity index (χ3v) is 6.53. The van der Waals surface area contributed by atoms with Crippen LogP contribution in [0.4, 0.5) is 0 Å². The first kappa shape index (κ1) is 19.2. The number of likely N-dealkylation sites (tertiary alicyclic amines) is 2. The molecule has 1 aromatic heterocycles. The van der Waals surface area contributed by atoms with Gasteiger partial charge in [-0.3, -0.25) is 9.69 Å². The first-order chi connectivity index (χ1) is 13.7. The lowest BCUT2D eigenvalue weighted by Gasteiger charge is -2.48. The SMILES string of the molecule is CCc1ccc(CN2CCCC3(CCC(=O)N(CCc4cnc[nH]4)C3)C2)cc1. The van der Waals surface area contributed by atoms with Gasteiger partial charge in [-0.05, 0) is 43.4 Å². The smallest absolute Gasteiger partial charge is 0.222 e. The van der Waals surface area contributed by atoms with Gasteiger partial charge in [-0.15, -0.1) is 0 Å². The molecule has 3 heterocycles. The van der Waals surface area contributed by atoms with Crippen molar-refractivity contribution in [2.45, 2.75) is 52.0 Å². The zero-order chi connectivity index (χ0) is 19.4. The van der Waals surface area contributed by atoms with E-state index in [1.807, 2.05) is 6.20 Å². The molecule has 1 spiro atoms. The number of imidazole rings is 1. The summed E-state index contributed by atoms with van der Waals surface area (Å²) in [6, 6.07) is 9.07. The number of carbonyl (C=O) groups is 1. The fourth-order valence-corrected chi connectivity index (χ4v) is 4.90. The number of aromatic amines is 1. The summed E-state index contributed by atoms with van der Waals surface area (Å²) in [7, 11) is 0. The fraction of sp³-hybridized carbons (Fsp3) is 0.565. The summed E-state index contributed by atoms with van der Waals surface area (Å²) >= 11 is 0. The molecule has 2 saturated heterocycles. The van der Waals surface area contributed by atoms with Crippen molar-refractivity contribution in [3.63, 3.8) is 0 Å². The van der Waals surface area contributed by atoms with Crippen LogP contribution in [0.1, 0.15) is 49.4 Å². The van der Waals surface area contributed by atoms with E-state index in [1.54, 1.807) is 6.33 Å². The van der Waals surface area contributed by atoms with Gasteiger partial charge in [0.2, 0.25) is 5.91 Å². The molecule has 0 saturated carbocycles. The van der Waals surface area contributed by atoms with Crippen LogP contribution in [0, 0.1) is 5.41 Å². The van der Waals surface area contributed by atoms with Crippen molar-refractivity contribution in [3.05, 3.63) is 53.6 Å². The van der Waals surface area contributed by atoms with Gasteiger partial charge in [0.05, 0.1) is 6.33 Å². The van der Waals surface area contributed by atoms with E-state index in [0.717, 1.165) is 51.1 Å². The van der Waals surface area contributed by atoms with Gasteiger partial charge in [-0.25, -0.2) is 4.98 Å². The number of hydrogen-bond donors (Lipinski definition) is 1. The molecule has 0 aliphatic carbocycles. The van der Waals surface area contributed by atoms with Crippen LogP contribution in [0.15, 0.2) is 36.8 Å². The van der Waals surface area contributed by atoms with Crippen molar-refractivity contribution >= 4 is 5.91 Å². The number of nitrogens with zero attached hydrogens (tertiary/aromatic N) is 3. The molecule has 1 unspecified atom stereocenters. The zero-order valence-electron chi connectivity index (χ0n) is 17.0. The molecule has 1 atom stereocenters. The Labute approximate surface area is 168 Å². The molecule has 4 rings (SSSR count). The van der Waals surface area contributed by atoms with Gasteiger partial charge in [-0.2, -0.15) is 0 Å². The van der Waals surface area contributed by atoms with Crippen LogP contribution in [0.5, 0.6) is 0 Å². The van der Waals surface area contributed by atoms with E-state index in [1.165, 1.54) is 30.5 Å². The molecule has 5 heteroatoms. The van der Waals surface area contributed by atoms with Crippen LogP contribution in [0.25, 0.3) is 0 Å². The van der Waals surface area contributed by atoms with Gasteiger partial charge in [0.15, 0.2) is 0 Å². The summed E-state index contributed by atoms with van der Waals surface area (Å²) in [6.45, 7) is 7.20. The predicted octanol–water partition coefficient (Wildman–Crippen LogP) is 3.42. The molecule has 1 amide bonds. The van der Waals surface area contributed by atoms with E-state index in [9.17, 15) is 4.79 Å². The van der Waals surface area contributed by atoms with Crippen LogP contribution in [0.2, 0.25) is 0 Å². The van der Waals surface area contributed by atoms with Crippen LogP contribution in [-0.4, -0.2) is 51.9 Å². The van der Waals surface area contributed by atoms with Crippen LogP contribution < -0.4 is 0 Å². The first-order valence-electron chi connectivity index (χ1n) is 10.7. The average molecular weight is 381 g/mol. The molecule has 2 fully saturated rings. The highest BCUT2D eigenvalue weighted by Gasteiger charge is 2.41. The molecule has 28 heavy (non-hydrogen) atoms. The van der Waals surface area contributed by atoms with Gasteiger partial charge in [0.1, 0.15) is 0 Å². The third-order valence-electron chi connectivity index (χ3n) is 6.53. The van der Waals surface area contributed by atoms with Crippen LogP contribution in [0.3, 0.4) is 0 Å². The number of hydrogen-bond acceptors (Lipinski definition) is 3. The van der Waals surface area contributed by atoms with Gasteiger partial charge < -0.3 is 9.88 Å². The molecule has 5 nitrogen and oxygen atoms in total. The lowest BCUT2D eigenvalue weighted by atomic mass is 9.73. The second kappa shape index (κ2) is 8.48. The van der Waals surface area contributed by atoms with E-state index in [-0.39, 0.29) is 5.41 Å². The van der Waals surface area contributed by atoms with E-state index in [2.05, 4.69) is 51.0 Å². The predicted molar refractivity (Wildman–Crippen MR) is 111 cm³/mol. The molecule has 150 valence electrons. The number of nitrogens with one attached hydrogen (secondary N) is 1. The first-order valence-corrected chi connectivity index (χ1v) is 10.7. The van der Waals surface area contributed by atoms with Crippen molar-refractivity contribution in [1.82, 2.24) is 19.8 Å². The second-order valence-corrected chi connectivity index (χ2v) is 8.63. The lowest BCUT2D eigenvalue weighted by Crippen LogP contribution is -2.54. The normalized spacial score (nSPS) is 23.5. The standard InChI is InChI=1S/C23H32N4O/c1-2-19-4-6-20(7-5-19)15-26-12-3-10-23(16-26)11-8-22(28)27(17-23)13-9-21-14-24-18-25-21/h4-7,14,18H,2-3,8-13,15-17H2,1H3,(H,24,25). The molecule has 2 aliphatic heterocycles. The maximum absolute atomic E-state index is 12.5. The maximum Gasteiger partial charge on any atom is 0.222 e. The number of aryl methyl sites for hydroxylation is 1. The molecule has 2 aromatic rings. The summed E-state index contributed by atoms with van der Waals surface area (Å²) in [6.07, 6.45) is 9.73. The number of piperidine rings is 2. The molecular formula is C23H32N4O. The molecule has 1 N–H and O–H groups in total. The van der Waals surface area contributed by atoms with Crippen LogP contribution >= 0.6 is 0 Å². The third kappa shape index (κ3) is 4.46. The highest BCUT2D eigenvalue weighted by Crippen LogP contribution is 2.39. The van der Waals surface area contributed by atoms with Gasteiger partial charge >= 0.3 is 0 Å². The Bertz CT molecular complexity index is 770. The van der Waals surface area contributed by atoms with Gasteiger partial charge in [-0.1, -0.05) is 31.2 Å². The summed E-state index contributed by atoms with van der Waals surface area (Å²) in [5, 5.41) is 0. The van der Waals surface area contributed by atoms with Crippen molar-refractivity contribution in [3.8, 4) is 0 Å². The van der Waals surface area contributed by atoms with E-state index < -0.39 is 0 Å². The summed E-state index contributed by atoms with van der Waals surface area (Å²) in [5.74, 6) is 0.317. The van der Waals surface area contributed by atoms with Crippen molar-refractivity contribution in [2.75, 3.05) is 26.2 Å². The minimum absolute atomic E-state index is 0.267. The maximum atomic E-state index is 12.5. The van der Waals surface area contributed by atoms with Gasteiger partial charge in [0, 0.05) is 56.3 Å². The van der Waals surface area contributed by atoms with Gasteiger partial charge in [0.25, 0.3) is 0 Å². The molecule has 0 radical (unpaired) electrons. The number of benzene rings is 1.